The molecule has 0 fully saturated rings. The standard InChI is InChI=1S/C14H15NO4/c1-9-4-3-5-10(2)13(9)15-8-11(14(18)19)6-7-12(16)17/h3-8,15H,1-2H3,(H,16,17)(H,18,19)/b7-6+,11-8?. The molecule has 0 atom stereocenters. The Balaban J connectivity index is 2.99. The van der Waals surface area contributed by atoms with Gasteiger partial charge in [-0.25, -0.2) is 9.59 Å². The fourth-order valence-corrected chi connectivity index (χ4v) is 1.53. The van der Waals surface area contributed by atoms with Gasteiger partial charge in [0, 0.05) is 18.0 Å². The molecule has 19 heavy (non-hydrogen) atoms. The third-order valence-corrected chi connectivity index (χ3v) is 2.51. The summed E-state index contributed by atoms with van der Waals surface area (Å²) < 4.78 is 0. The molecule has 0 aliphatic heterocycles. The van der Waals surface area contributed by atoms with E-state index in [-0.39, 0.29) is 5.57 Å². The molecule has 1 aromatic carbocycles. The van der Waals surface area contributed by atoms with Gasteiger partial charge in [-0.3, -0.25) is 0 Å². The number of benzene rings is 1. The highest BCUT2D eigenvalue weighted by atomic mass is 16.4. The summed E-state index contributed by atoms with van der Waals surface area (Å²) in [6.07, 6.45) is 3.09. The van der Waals surface area contributed by atoms with Crippen LogP contribution in [-0.2, 0) is 9.59 Å². The number of rotatable bonds is 5. The van der Waals surface area contributed by atoms with Crippen LogP contribution in [0.25, 0.3) is 0 Å². The highest BCUT2D eigenvalue weighted by molar-refractivity contribution is 5.92. The van der Waals surface area contributed by atoms with Crippen molar-refractivity contribution in [3.63, 3.8) is 0 Å². The van der Waals surface area contributed by atoms with E-state index in [4.69, 9.17) is 10.2 Å². The normalized spacial score (nSPS) is 11.6. The summed E-state index contributed by atoms with van der Waals surface area (Å²) in [7, 11) is 0. The predicted octanol–water partition coefficient (Wildman–Crippen LogP) is 2.32. The molecule has 0 radical (unpaired) electrons. The minimum atomic E-state index is -1.20. The molecule has 0 aliphatic carbocycles. The lowest BCUT2D eigenvalue weighted by molar-refractivity contribution is -0.132. The van der Waals surface area contributed by atoms with Crippen molar-refractivity contribution in [1.29, 1.82) is 0 Å². The van der Waals surface area contributed by atoms with E-state index < -0.39 is 11.9 Å². The fourth-order valence-electron chi connectivity index (χ4n) is 1.53. The predicted molar refractivity (Wildman–Crippen MR) is 72.0 cm³/mol. The van der Waals surface area contributed by atoms with Gasteiger partial charge < -0.3 is 15.5 Å². The molecule has 0 heterocycles. The van der Waals surface area contributed by atoms with Gasteiger partial charge in [0.1, 0.15) is 0 Å². The van der Waals surface area contributed by atoms with Crippen molar-refractivity contribution in [3.05, 3.63) is 53.3 Å². The largest absolute Gasteiger partial charge is 0.478 e. The highest BCUT2D eigenvalue weighted by Crippen LogP contribution is 2.19. The van der Waals surface area contributed by atoms with Crippen LogP contribution in [0.3, 0.4) is 0 Å². The topological polar surface area (TPSA) is 86.6 Å². The second-order valence-corrected chi connectivity index (χ2v) is 3.99. The maximum atomic E-state index is 11.0. The maximum Gasteiger partial charge on any atom is 0.337 e. The molecule has 5 nitrogen and oxygen atoms in total. The lowest BCUT2D eigenvalue weighted by Gasteiger charge is -2.09. The van der Waals surface area contributed by atoms with Gasteiger partial charge in [0.15, 0.2) is 0 Å². The number of hydrogen-bond donors (Lipinski definition) is 3. The van der Waals surface area contributed by atoms with Crippen LogP contribution in [0.5, 0.6) is 0 Å². The Bertz CT molecular complexity index is 538. The molecule has 0 spiro atoms. The molecule has 0 saturated carbocycles. The molecule has 3 N–H and O–H groups in total. The van der Waals surface area contributed by atoms with Crippen molar-refractivity contribution >= 4 is 17.6 Å². The van der Waals surface area contributed by atoms with E-state index in [2.05, 4.69) is 5.32 Å². The average Bonchev–Trinajstić information content (AvgIpc) is 2.31. The smallest absolute Gasteiger partial charge is 0.337 e. The van der Waals surface area contributed by atoms with Gasteiger partial charge in [0.2, 0.25) is 0 Å². The highest BCUT2D eigenvalue weighted by Gasteiger charge is 2.05. The van der Waals surface area contributed by atoms with Crippen LogP contribution in [0.4, 0.5) is 5.69 Å². The Morgan fingerprint density at radius 3 is 2.16 bits per heavy atom. The molecule has 0 aromatic heterocycles. The third kappa shape index (κ3) is 4.31. The first-order valence-electron chi connectivity index (χ1n) is 5.59. The van der Waals surface area contributed by atoms with Gasteiger partial charge in [0.25, 0.3) is 0 Å². The zero-order chi connectivity index (χ0) is 14.4. The minimum absolute atomic E-state index is 0.134. The van der Waals surface area contributed by atoms with E-state index in [1.54, 1.807) is 0 Å². The second-order valence-electron chi connectivity index (χ2n) is 3.99. The van der Waals surface area contributed by atoms with Gasteiger partial charge in [-0.15, -0.1) is 0 Å². The maximum absolute atomic E-state index is 11.0. The number of hydrogen-bond acceptors (Lipinski definition) is 3. The van der Waals surface area contributed by atoms with Gasteiger partial charge >= 0.3 is 11.9 Å². The molecule has 0 aliphatic rings. The number of aliphatic carboxylic acids is 2. The van der Waals surface area contributed by atoms with Gasteiger partial charge in [-0.2, -0.15) is 0 Å². The number of anilines is 1. The Hall–Kier alpha value is -2.56. The molecule has 0 bridgehead atoms. The van der Waals surface area contributed by atoms with E-state index in [1.165, 1.54) is 6.20 Å². The van der Waals surface area contributed by atoms with Crippen LogP contribution in [0, 0.1) is 13.8 Å². The first-order valence-corrected chi connectivity index (χ1v) is 5.59. The van der Waals surface area contributed by atoms with E-state index in [9.17, 15) is 9.59 Å². The average molecular weight is 261 g/mol. The van der Waals surface area contributed by atoms with Gasteiger partial charge in [0.05, 0.1) is 5.57 Å². The Labute approximate surface area is 110 Å². The zero-order valence-electron chi connectivity index (χ0n) is 10.7. The van der Waals surface area contributed by atoms with Crippen molar-refractivity contribution in [2.75, 3.05) is 5.32 Å². The molecule has 0 saturated heterocycles. The first kappa shape index (κ1) is 14.5. The molecular formula is C14H15NO4. The minimum Gasteiger partial charge on any atom is -0.478 e. The molecule has 1 rings (SSSR count). The van der Waals surface area contributed by atoms with E-state index >= 15 is 0 Å². The van der Waals surface area contributed by atoms with Crippen LogP contribution in [0.2, 0.25) is 0 Å². The number of nitrogens with one attached hydrogen (secondary N) is 1. The van der Waals surface area contributed by atoms with Crippen LogP contribution >= 0.6 is 0 Å². The van der Waals surface area contributed by atoms with Gasteiger partial charge in [-0.1, -0.05) is 18.2 Å². The van der Waals surface area contributed by atoms with Crippen LogP contribution in [-0.4, -0.2) is 22.2 Å². The number of carboxylic acid groups (broad SMARTS) is 2. The zero-order valence-corrected chi connectivity index (χ0v) is 10.7. The van der Waals surface area contributed by atoms with E-state index in [0.29, 0.717) is 0 Å². The van der Waals surface area contributed by atoms with Crippen molar-refractivity contribution in [2.24, 2.45) is 0 Å². The van der Waals surface area contributed by atoms with E-state index in [1.807, 2.05) is 32.0 Å². The summed E-state index contributed by atoms with van der Waals surface area (Å²) >= 11 is 0. The van der Waals surface area contributed by atoms with Crippen molar-refractivity contribution in [3.8, 4) is 0 Å². The van der Waals surface area contributed by atoms with Crippen molar-refractivity contribution < 1.29 is 19.8 Å². The van der Waals surface area contributed by atoms with Crippen LogP contribution < -0.4 is 5.32 Å². The Morgan fingerprint density at radius 1 is 1.11 bits per heavy atom. The van der Waals surface area contributed by atoms with Crippen LogP contribution in [0.1, 0.15) is 11.1 Å². The van der Waals surface area contributed by atoms with Gasteiger partial charge in [-0.05, 0) is 31.1 Å². The number of carboxylic acids is 2. The quantitative estimate of drug-likeness (QED) is 0.559. The molecule has 0 amide bonds. The summed E-state index contributed by atoms with van der Waals surface area (Å²) in [6.45, 7) is 3.80. The fraction of sp³-hybridized carbons (Fsp3) is 0.143. The van der Waals surface area contributed by atoms with Crippen molar-refractivity contribution in [2.45, 2.75) is 13.8 Å². The SMILES string of the molecule is Cc1cccc(C)c1NC=C(/C=C/C(=O)O)C(=O)O. The summed E-state index contributed by atoms with van der Waals surface area (Å²) in [5.74, 6) is -2.39. The lowest BCUT2D eigenvalue weighted by Crippen LogP contribution is -2.03. The molecule has 1 aromatic rings. The Kier molecular flexibility index (Phi) is 4.88. The summed E-state index contributed by atoms with van der Waals surface area (Å²) in [5, 5.41) is 20.3. The first-order chi connectivity index (χ1) is 8.91. The monoisotopic (exact) mass is 261 g/mol. The molecule has 0 unspecified atom stereocenters. The summed E-state index contributed by atoms with van der Waals surface area (Å²) in [6, 6.07) is 5.70. The Morgan fingerprint density at radius 2 is 1.68 bits per heavy atom. The molecular weight excluding hydrogens is 246 g/mol. The number of carbonyl (C=O) groups is 2. The summed E-state index contributed by atoms with van der Waals surface area (Å²) in [4.78, 5) is 21.3. The van der Waals surface area contributed by atoms with Crippen molar-refractivity contribution in [1.82, 2.24) is 0 Å². The second kappa shape index (κ2) is 6.39. The summed E-state index contributed by atoms with van der Waals surface area (Å²) in [5.41, 5.74) is 2.63. The van der Waals surface area contributed by atoms with E-state index in [0.717, 1.165) is 29.0 Å². The number of aryl methyl sites for hydroxylation is 2. The van der Waals surface area contributed by atoms with Crippen LogP contribution in [0.15, 0.2) is 42.1 Å². The third-order valence-electron chi connectivity index (χ3n) is 2.51. The molecule has 5 heteroatoms. The number of para-hydroxylation sites is 1. The lowest BCUT2D eigenvalue weighted by atomic mass is 10.1. The molecule has 100 valence electrons.